The lowest BCUT2D eigenvalue weighted by atomic mass is 9.90. The van der Waals surface area contributed by atoms with Crippen LogP contribution in [0.15, 0.2) is 18.2 Å². The number of benzene rings is 1. The second kappa shape index (κ2) is 5.89. The number of likely N-dealkylation sites (tertiary alicyclic amines) is 1. The van der Waals surface area contributed by atoms with Gasteiger partial charge in [-0.15, -0.1) is 0 Å². The number of halogens is 2. The zero-order chi connectivity index (χ0) is 15.6. The number of carboxylic acid groups (broad SMARTS) is 1. The van der Waals surface area contributed by atoms with Crippen molar-refractivity contribution in [1.82, 2.24) is 4.90 Å². The summed E-state index contributed by atoms with van der Waals surface area (Å²) >= 11 is 5.79. The molecule has 1 aliphatic rings. The fourth-order valence-corrected chi connectivity index (χ4v) is 2.39. The second-order valence-corrected chi connectivity index (χ2v) is 5.70. The Balaban J connectivity index is 1.93. The molecular formula is C14H15ClFNO4. The van der Waals surface area contributed by atoms with E-state index in [9.17, 15) is 14.0 Å². The molecule has 21 heavy (non-hydrogen) atoms. The average Bonchev–Trinajstić information content (AvgIpc) is 2.82. The molecule has 1 atom stereocenters. The number of nitrogens with zero attached hydrogens (tertiary/aromatic N) is 1. The van der Waals surface area contributed by atoms with Gasteiger partial charge in [0.05, 0.1) is 10.4 Å². The van der Waals surface area contributed by atoms with Crippen molar-refractivity contribution in [3.05, 3.63) is 29.0 Å². The van der Waals surface area contributed by atoms with Crippen molar-refractivity contribution < 1.29 is 23.8 Å². The third kappa shape index (κ3) is 3.44. The number of hydrogen-bond donors (Lipinski definition) is 1. The van der Waals surface area contributed by atoms with Crippen molar-refractivity contribution in [1.29, 1.82) is 0 Å². The zero-order valence-electron chi connectivity index (χ0n) is 11.4. The van der Waals surface area contributed by atoms with Crippen LogP contribution in [0.25, 0.3) is 0 Å². The van der Waals surface area contributed by atoms with E-state index in [0.717, 1.165) is 6.07 Å². The molecular weight excluding hydrogens is 301 g/mol. The van der Waals surface area contributed by atoms with Crippen LogP contribution < -0.4 is 4.74 Å². The number of rotatable bonds is 4. The second-order valence-electron chi connectivity index (χ2n) is 5.29. The molecule has 0 aromatic heterocycles. The SMILES string of the molecule is C[C@@]1(C(=O)O)CCN(C(=O)COc2ccc(F)cc2Cl)C1. The summed E-state index contributed by atoms with van der Waals surface area (Å²) in [5, 5.41) is 9.20. The van der Waals surface area contributed by atoms with Gasteiger partial charge < -0.3 is 14.7 Å². The van der Waals surface area contributed by atoms with Crippen LogP contribution in [-0.2, 0) is 9.59 Å². The summed E-state index contributed by atoms with van der Waals surface area (Å²) < 4.78 is 18.1. The van der Waals surface area contributed by atoms with Gasteiger partial charge in [0.2, 0.25) is 0 Å². The van der Waals surface area contributed by atoms with Gasteiger partial charge in [0, 0.05) is 13.1 Å². The largest absolute Gasteiger partial charge is 0.482 e. The fourth-order valence-electron chi connectivity index (χ4n) is 2.17. The molecule has 0 radical (unpaired) electrons. The Bertz CT molecular complexity index is 580. The predicted octanol–water partition coefficient (Wildman–Crippen LogP) is 2.18. The van der Waals surface area contributed by atoms with Crippen molar-refractivity contribution in [2.45, 2.75) is 13.3 Å². The summed E-state index contributed by atoms with van der Waals surface area (Å²) in [5.74, 6) is -1.51. The molecule has 1 aromatic carbocycles. The van der Waals surface area contributed by atoms with Gasteiger partial charge in [-0.05, 0) is 31.5 Å². The Labute approximate surface area is 126 Å². The summed E-state index contributed by atoms with van der Waals surface area (Å²) in [6, 6.07) is 3.62. The summed E-state index contributed by atoms with van der Waals surface area (Å²) in [7, 11) is 0. The van der Waals surface area contributed by atoms with E-state index in [1.165, 1.54) is 17.0 Å². The number of ether oxygens (including phenoxy) is 1. The molecule has 114 valence electrons. The van der Waals surface area contributed by atoms with Gasteiger partial charge in [-0.1, -0.05) is 11.6 Å². The first-order valence-corrected chi connectivity index (χ1v) is 6.79. The standard InChI is InChI=1S/C14H15ClFNO4/c1-14(13(19)20)4-5-17(8-14)12(18)7-21-11-3-2-9(16)6-10(11)15/h2-3,6H,4-5,7-8H2,1H3,(H,19,20)/t14-/m1/s1. The highest BCUT2D eigenvalue weighted by molar-refractivity contribution is 6.32. The summed E-state index contributed by atoms with van der Waals surface area (Å²) in [6.07, 6.45) is 0.408. The van der Waals surface area contributed by atoms with E-state index >= 15 is 0 Å². The van der Waals surface area contributed by atoms with E-state index in [4.69, 9.17) is 21.4 Å². The maximum Gasteiger partial charge on any atom is 0.311 e. The Kier molecular flexibility index (Phi) is 4.37. The number of hydrogen-bond acceptors (Lipinski definition) is 3. The van der Waals surface area contributed by atoms with Gasteiger partial charge >= 0.3 is 5.97 Å². The number of aliphatic carboxylic acids is 1. The first-order chi connectivity index (χ1) is 9.82. The van der Waals surface area contributed by atoms with E-state index in [0.29, 0.717) is 13.0 Å². The number of carbonyl (C=O) groups is 2. The topological polar surface area (TPSA) is 66.8 Å². The summed E-state index contributed by atoms with van der Waals surface area (Å²) in [4.78, 5) is 24.6. The summed E-state index contributed by atoms with van der Waals surface area (Å²) in [5.41, 5.74) is -0.914. The van der Waals surface area contributed by atoms with Crippen LogP contribution in [0, 0.1) is 11.2 Å². The first-order valence-electron chi connectivity index (χ1n) is 6.41. The van der Waals surface area contributed by atoms with Gasteiger partial charge in [-0.25, -0.2) is 4.39 Å². The number of carboxylic acids is 1. The zero-order valence-corrected chi connectivity index (χ0v) is 12.2. The molecule has 0 spiro atoms. The molecule has 5 nitrogen and oxygen atoms in total. The third-order valence-corrected chi connectivity index (χ3v) is 3.88. The number of carbonyl (C=O) groups excluding carboxylic acids is 1. The minimum Gasteiger partial charge on any atom is -0.482 e. The van der Waals surface area contributed by atoms with Gasteiger partial charge in [0.15, 0.2) is 6.61 Å². The average molecular weight is 316 g/mol. The maximum absolute atomic E-state index is 12.9. The molecule has 1 heterocycles. The molecule has 1 fully saturated rings. The monoisotopic (exact) mass is 315 g/mol. The van der Waals surface area contributed by atoms with E-state index in [-0.39, 0.29) is 29.8 Å². The molecule has 1 amide bonds. The van der Waals surface area contributed by atoms with E-state index in [1.54, 1.807) is 6.92 Å². The lowest BCUT2D eigenvalue weighted by Crippen LogP contribution is -2.37. The van der Waals surface area contributed by atoms with Crippen LogP contribution in [0.3, 0.4) is 0 Å². The molecule has 1 N–H and O–H groups in total. The molecule has 7 heteroatoms. The molecule has 1 aromatic rings. The van der Waals surface area contributed by atoms with Crippen molar-refractivity contribution >= 4 is 23.5 Å². The van der Waals surface area contributed by atoms with Crippen LogP contribution in [-0.4, -0.2) is 41.6 Å². The Morgan fingerprint density at radius 2 is 2.24 bits per heavy atom. The van der Waals surface area contributed by atoms with E-state index in [2.05, 4.69) is 0 Å². The minimum absolute atomic E-state index is 0.0830. The van der Waals surface area contributed by atoms with Crippen LogP contribution in [0.1, 0.15) is 13.3 Å². The Morgan fingerprint density at radius 3 is 2.81 bits per heavy atom. The Hall–Kier alpha value is -1.82. The molecule has 0 saturated carbocycles. The highest BCUT2D eigenvalue weighted by Crippen LogP contribution is 2.30. The molecule has 0 aliphatic carbocycles. The normalized spacial score (nSPS) is 21.4. The van der Waals surface area contributed by atoms with Crippen molar-refractivity contribution in [3.63, 3.8) is 0 Å². The van der Waals surface area contributed by atoms with Gasteiger partial charge in [-0.3, -0.25) is 9.59 Å². The van der Waals surface area contributed by atoms with Crippen molar-refractivity contribution in [3.8, 4) is 5.75 Å². The smallest absolute Gasteiger partial charge is 0.311 e. The van der Waals surface area contributed by atoms with Gasteiger partial charge in [0.1, 0.15) is 11.6 Å². The van der Waals surface area contributed by atoms with Crippen molar-refractivity contribution in [2.24, 2.45) is 5.41 Å². The lowest BCUT2D eigenvalue weighted by Gasteiger charge is -2.20. The van der Waals surface area contributed by atoms with E-state index < -0.39 is 17.2 Å². The highest BCUT2D eigenvalue weighted by atomic mass is 35.5. The third-order valence-electron chi connectivity index (χ3n) is 3.59. The fraction of sp³-hybridized carbons (Fsp3) is 0.429. The molecule has 1 aliphatic heterocycles. The van der Waals surface area contributed by atoms with Crippen LogP contribution in [0.4, 0.5) is 4.39 Å². The first kappa shape index (κ1) is 15.6. The molecule has 0 unspecified atom stereocenters. The number of amides is 1. The van der Waals surface area contributed by atoms with Gasteiger partial charge in [0.25, 0.3) is 5.91 Å². The van der Waals surface area contributed by atoms with Crippen LogP contribution in [0.2, 0.25) is 5.02 Å². The minimum atomic E-state index is -0.916. The van der Waals surface area contributed by atoms with Crippen molar-refractivity contribution in [2.75, 3.05) is 19.7 Å². The Morgan fingerprint density at radius 1 is 1.52 bits per heavy atom. The lowest BCUT2D eigenvalue weighted by molar-refractivity contribution is -0.147. The maximum atomic E-state index is 12.9. The summed E-state index contributed by atoms with van der Waals surface area (Å²) in [6.45, 7) is 1.88. The molecule has 2 rings (SSSR count). The van der Waals surface area contributed by atoms with Gasteiger partial charge in [-0.2, -0.15) is 0 Å². The van der Waals surface area contributed by atoms with Crippen LogP contribution >= 0.6 is 11.6 Å². The molecule has 0 bridgehead atoms. The molecule has 1 saturated heterocycles. The predicted molar refractivity (Wildman–Crippen MR) is 73.8 cm³/mol. The quantitative estimate of drug-likeness (QED) is 0.925. The highest BCUT2D eigenvalue weighted by Gasteiger charge is 2.42. The van der Waals surface area contributed by atoms with E-state index in [1.807, 2.05) is 0 Å². The van der Waals surface area contributed by atoms with Crippen LogP contribution in [0.5, 0.6) is 5.75 Å².